The Morgan fingerprint density at radius 2 is 1.35 bits per heavy atom. The highest BCUT2D eigenvalue weighted by atomic mass is 79.9. The van der Waals surface area contributed by atoms with Crippen LogP contribution in [-0.4, -0.2) is 24.5 Å². The predicted octanol–water partition coefficient (Wildman–Crippen LogP) is 4.10. The second-order valence-corrected chi connectivity index (χ2v) is 5.29. The van der Waals surface area contributed by atoms with Crippen LogP contribution >= 0.6 is 15.9 Å². The van der Waals surface area contributed by atoms with Gasteiger partial charge in [0.2, 0.25) is 0 Å². The van der Waals surface area contributed by atoms with Gasteiger partial charge in [-0.25, -0.2) is 0 Å². The lowest BCUT2D eigenvalue weighted by molar-refractivity contribution is 0.840. The Bertz CT molecular complexity index is 384. The normalized spacial score (nSPS) is 12.4. The molecule has 1 aromatic rings. The van der Waals surface area contributed by atoms with Gasteiger partial charge in [-0.15, -0.1) is 0 Å². The van der Waals surface area contributed by atoms with Crippen LogP contribution in [0.25, 0.3) is 0 Å². The van der Waals surface area contributed by atoms with Crippen LogP contribution < -0.4 is 0 Å². The van der Waals surface area contributed by atoms with E-state index in [0.29, 0.717) is 12.1 Å². The van der Waals surface area contributed by atoms with E-state index in [2.05, 4.69) is 53.6 Å². The molecule has 0 aliphatic carbocycles. The van der Waals surface area contributed by atoms with E-state index < -0.39 is 0 Å². The first kappa shape index (κ1) is 14.1. The summed E-state index contributed by atoms with van der Waals surface area (Å²) in [6.07, 6.45) is 3.81. The molecule has 3 heteroatoms. The predicted molar refractivity (Wildman–Crippen MR) is 79.6 cm³/mol. The number of hydrogen-bond acceptors (Lipinski definition) is 2. The van der Waals surface area contributed by atoms with Crippen molar-refractivity contribution in [2.75, 3.05) is 0 Å². The average molecular weight is 295 g/mol. The number of halogens is 1. The largest absolute Gasteiger partial charge is 0.290 e. The van der Waals surface area contributed by atoms with Crippen LogP contribution in [0.15, 0.2) is 32.7 Å². The molecule has 2 nitrogen and oxygen atoms in total. The van der Waals surface area contributed by atoms with Crippen molar-refractivity contribution in [1.82, 2.24) is 0 Å². The number of hydrogen-bond donors (Lipinski definition) is 0. The SMILES string of the molecule is CC(C)N=Cc1cccc(C=NC(C)C)c1Br. The molecular weight excluding hydrogens is 276 g/mol. The van der Waals surface area contributed by atoms with E-state index in [1.165, 1.54) is 0 Å². The minimum absolute atomic E-state index is 0.315. The number of aliphatic imine (C=N–C) groups is 2. The summed E-state index contributed by atoms with van der Waals surface area (Å²) in [5.74, 6) is 0. The number of benzene rings is 1. The van der Waals surface area contributed by atoms with Crippen molar-refractivity contribution in [1.29, 1.82) is 0 Å². The Morgan fingerprint density at radius 1 is 0.941 bits per heavy atom. The summed E-state index contributed by atoms with van der Waals surface area (Å²) < 4.78 is 1.05. The summed E-state index contributed by atoms with van der Waals surface area (Å²) in [5.41, 5.74) is 2.18. The maximum atomic E-state index is 4.39. The summed E-state index contributed by atoms with van der Waals surface area (Å²) in [6.45, 7) is 8.26. The molecule has 0 radical (unpaired) electrons. The van der Waals surface area contributed by atoms with Crippen molar-refractivity contribution in [3.8, 4) is 0 Å². The highest BCUT2D eigenvalue weighted by molar-refractivity contribution is 9.10. The van der Waals surface area contributed by atoms with E-state index in [1.54, 1.807) is 0 Å². The number of nitrogens with zero attached hydrogens (tertiary/aromatic N) is 2. The summed E-state index contributed by atoms with van der Waals surface area (Å²) >= 11 is 3.60. The molecule has 0 amide bonds. The van der Waals surface area contributed by atoms with Crippen molar-refractivity contribution in [2.24, 2.45) is 9.98 Å². The highest BCUT2D eigenvalue weighted by Gasteiger charge is 2.02. The molecule has 0 fully saturated rings. The van der Waals surface area contributed by atoms with Crippen LogP contribution in [0.1, 0.15) is 38.8 Å². The van der Waals surface area contributed by atoms with E-state index in [-0.39, 0.29) is 0 Å². The topological polar surface area (TPSA) is 24.7 Å². The standard InChI is InChI=1S/C14H19BrN2/c1-10(2)16-8-12-6-5-7-13(14(12)15)9-17-11(3)4/h5-11H,1-4H3. The third kappa shape index (κ3) is 4.82. The van der Waals surface area contributed by atoms with Gasteiger partial charge in [-0.3, -0.25) is 9.98 Å². The Kier molecular flexibility index (Phi) is 5.56. The minimum atomic E-state index is 0.315. The van der Waals surface area contributed by atoms with Crippen LogP contribution in [0, 0.1) is 0 Å². The molecule has 0 aliphatic heterocycles. The molecule has 0 N–H and O–H groups in total. The van der Waals surface area contributed by atoms with Gasteiger partial charge in [0.25, 0.3) is 0 Å². The monoisotopic (exact) mass is 294 g/mol. The Balaban J connectivity index is 2.99. The van der Waals surface area contributed by atoms with Crippen molar-refractivity contribution in [3.05, 3.63) is 33.8 Å². The molecule has 0 spiro atoms. The molecule has 0 aromatic heterocycles. The van der Waals surface area contributed by atoms with Crippen LogP contribution in [0.3, 0.4) is 0 Å². The lowest BCUT2D eigenvalue weighted by Gasteiger charge is -2.04. The van der Waals surface area contributed by atoms with Crippen molar-refractivity contribution < 1.29 is 0 Å². The fraction of sp³-hybridized carbons (Fsp3) is 0.429. The van der Waals surface area contributed by atoms with Crippen LogP contribution in [0.5, 0.6) is 0 Å². The number of rotatable bonds is 4. The molecule has 0 saturated carbocycles. The molecule has 0 aliphatic rings. The Labute approximate surface area is 112 Å². The molecule has 1 rings (SSSR count). The first-order valence-corrected chi connectivity index (χ1v) is 6.65. The van der Waals surface area contributed by atoms with Gasteiger partial charge in [-0.1, -0.05) is 18.2 Å². The first-order chi connectivity index (χ1) is 8.00. The Morgan fingerprint density at radius 3 is 1.71 bits per heavy atom. The molecule has 0 unspecified atom stereocenters. The van der Waals surface area contributed by atoms with Crippen molar-refractivity contribution >= 4 is 28.4 Å². The lowest BCUT2D eigenvalue weighted by atomic mass is 10.1. The second kappa shape index (κ2) is 6.70. The maximum absolute atomic E-state index is 4.39. The summed E-state index contributed by atoms with van der Waals surface area (Å²) in [5, 5.41) is 0. The van der Waals surface area contributed by atoms with Gasteiger partial charge in [0.15, 0.2) is 0 Å². The third-order valence-electron chi connectivity index (χ3n) is 2.08. The fourth-order valence-electron chi connectivity index (χ4n) is 1.23. The molecule has 0 atom stereocenters. The highest BCUT2D eigenvalue weighted by Crippen LogP contribution is 2.19. The zero-order valence-corrected chi connectivity index (χ0v) is 12.4. The molecular formula is C14H19BrN2. The molecule has 17 heavy (non-hydrogen) atoms. The van der Waals surface area contributed by atoms with Gasteiger partial charge in [-0.2, -0.15) is 0 Å². The zero-order valence-electron chi connectivity index (χ0n) is 10.8. The van der Waals surface area contributed by atoms with Gasteiger partial charge in [0.05, 0.1) is 0 Å². The molecule has 0 saturated heterocycles. The van der Waals surface area contributed by atoms with E-state index in [4.69, 9.17) is 0 Å². The van der Waals surface area contributed by atoms with Crippen LogP contribution in [0.2, 0.25) is 0 Å². The molecule has 1 aromatic carbocycles. The smallest absolute Gasteiger partial charge is 0.0443 e. The van der Waals surface area contributed by atoms with E-state index in [1.807, 2.05) is 30.6 Å². The molecule has 0 bridgehead atoms. The van der Waals surface area contributed by atoms with Gasteiger partial charge < -0.3 is 0 Å². The average Bonchev–Trinajstić information content (AvgIpc) is 2.25. The van der Waals surface area contributed by atoms with E-state index >= 15 is 0 Å². The maximum Gasteiger partial charge on any atom is 0.0443 e. The summed E-state index contributed by atoms with van der Waals surface area (Å²) in [7, 11) is 0. The minimum Gasteiger partial charge on any atom is -0.290 e. The summed E-state index contributed by atoms with van der Waals surface area (Å²) in [4.78, 5) is 8.78. The van der Waals surface area contributed by atoms with Gasteiger partial charge in [-0.05, 0) is 43.6 Å². The Hall–Kier alpha value is -0.960. The molecule has 0 heterocycles. The lowest BCUT2D eigenvalue weighted by Crippen LogP contribution is -1.95. The van der Waals surface area contributed by atoms with Gasteiger partial charge in [0.1, 0.15) is 0 Å². The fourth-order valence-corrected chi connectivity index (χ4v) is 1.70. The molecule has 92 valence electrons. The van der Waals surface area contributed by atoms with E-state index in [0.717, 1.165) is 15.6 Å². The third-order valence-corrected chi connectivity index (χ3v) is 3.00. The van der Waals surface area contributed by atoms with Gasteiger partial charge in [0, 0.05) is 40.1 Å². The van der Waals surface area contributed by atoms with Crippen LogP contribution in [0.4, 0.5) is 0 Å². The van der Waals surface area contributed by atoms with E-state index in [9.17, 15) is 0 Å². The van der Waals surface area contributed by atoms with Crippen molar-refractivity contribution in [2.45, 2.75) is 39.8 Å². The summed E-state index contributed by atoms with van der Waals surface area (Å²) in [6, 6.07) is 6.74. The quantitative estimate of drug-likeness (QED) is 0.747. The zero-order chi connectivity index (χ0) is 12.8. The first-order valence-electron chi connectivity index (χ1n) is 5.85. The van der Waals surface area contributed by atoms with Crippen molar-refractivity contribution in [3.63, 3.8) is 0 Å². The van der Waals surface area contributed by atoms with Crippen LogP contribution in [-0.2, 0) is 0 Å². The second-order valence-electron chi connectivity index (χ2n) is 4.49. The van der Waals surface area contributed by atoms with Gasteiger partial charge >= 0.3 is 0 Å².